The monoisotopic (exact) mass is 277 g/mol. The highest BCUT2D eigenvalue weighted by Crippen LogP contribution is 2.30. The van der Waals surface area contributed by atoms with Crippen LogP contribution in [0.1, 0.15) is 15.9 Å². The van der Waals surface area contributed by atoms with E-state index in [4.69, 9.17) is 21.8 Å². The SMILES string of the molecule is O=C(O)c1ccccc1Nc1cccc(CO)c1Cl. The Kier molecular flexibility index (Phi) is 4.04. The number of nitrogens with one attached hydrogen (secondary N) is 1. The fourth-order valence-corrected chi connectivity index (χ4v) is 1.96. The van der Waals surface area contributed by atoms with Crippen LogP contribution in [0.2, 0.25) is 5.02 Å². The second-order valence-corrected chi connectivity index (χ2v) is 4.29. The van der Waals surface area contributed by atoms with Gasteiger partial charge in [0.05, 0.1) is 28.6 Å². The molecule has 0 saturated carbocycles. The van der Waals surface area contributed by atoms with E-state index < -0.39 is 5.97 Å². The van der Waals surface area contributed by atoms with E-state index in [1.54, 1.807) is 36.4 Å². The van der Waals surface area contributed by atoms with Crippen LogP contribution in [0.5, 0.6) is 0 Å². The molecule has 0 atom stereocenters. The highest BCUT2D eigenvalue weighted by Gasteiger charge is 2.11. The van der Waals surface area contributed by atoms with Crippen LogP contribution in [0.25, 0.3) is 0 Å². The number of carboxylic acid groups (broad SMARTS) is 1. The molecular formula is C14H12ClNO3. The number of anilines is 2. The maximum absolute atomic E-state index is 11.1. The summed E-state index contributed by atoms with van der Waals surface area (Å²) in [6.45, 7) is -0.172. The molecule has 2 aromatic carbocycles. The van der Waals surface area contributed by atoms with Crippen molar-refractivity contribution in [3.8, 4) is 0 Å². The van der Waals surface area contributed by atoms with Crippen molar-refractivity contribution >= 4 is 28.9 Å². The number of benzene rings is 2. The summed E-state index contributed by atoms with van der Waals surface area (Å²) in [6, 6.07) is 11.7. The minimum Gasteiger partial charge on any atom is -0.478 e. The molecule has 3 N–H and O–H groups in total. The van der Waals surface area contributed by atoms with Crippen molar-refractivity contribution in [1.29, 1.82) is 0 Å². The van der Waals surface area contributed by atoms with E-state index in [2.05, 4.69) is 5.32 Å². The van der Waals surface area contributed by atoms with E-state index in [1.165, 1.54) is 6.07 Å². The Morgan fingerprint density at radius 1 is 1.11 bits per heavy atom. The lowest BCUT2D eigenvalue weighted by Gasteiger charge is -2.12. The molecule has 0 aliphatic heterocycles. The van der Waals surface area contributed by atoms with Crippen LogP contribution in [0.4, 0.5) is 11.4 Å². The summed E-state index contributed by atoms with van der Waals surface area (Å²) in [5, 5.41) is 21.6. The average molecular weight is 278 g/mol. The smallest absolute Gasteiger partial charge is 0.337 e. The number of carboxylic acids is 1. The molecule has 0 aliphatic carbocycles. The van der Waals surface area contributed by atoms with Gasteiger partial charge in [-0.2, -0.15) is 0 Å². The van der Waals surface area contributed by atoms with Gasteiger partial charge in [-0.3, -0.25) is 0 Å². The van der Waals surface area contributed by atoms with E-state index in [1.807, 2.05) is 0 Å². The van der Waals surface area contributed by atoms with E-state index in [9.17, 15) is 4.79 Å². The van der Waals surface area contributed by atoms with Crippen LogP contribution in [-0.2, 0) is 6.61 Å². The Labute approximate surface area is 115 Å². The summed E-state index contributed by atoms with van der Waals surface area (Å²) in [6.07, 6.45) is 0. The van der Waals surface area contributed by atoms with Crippen molar-refractivity contribution in [2.24, 2.45) is 0 Å². The van der Waals surface area contributed by atoms with Gasteiger partial charge in [0.25, 0.3) is 0 Å². The van der Waals surface area contributed by atoms with Gasteiger partial charge >= 0.3 is 5.97 Å². The molecule has 98 valence electrons. The Morgan fingerprint density at radius 3 is 2.47 bits per heavy atom. The summed E-state index contributed by atoms with van der Waals surface area (Å²) in [5.74, 6) is -1.02. The van der Waals surface area contributed by atoms with Gasteiger partial charge in [-0.1, -0.05) is 35.9 Å². The van der Waals surface area contributed by atoms with Crippen LogP contribution in [0, 0.1) is 0 Å². The van der Waals surface area contributed by atoms with E-state index >= 15 is 0 Å². The first-order chi connectivity index (χ1) is 9.13. The second-order valence-electron chi connectivity index (χ2n) is 3.91. The number of aliphatic hydroxyl groups is 1. The maximum atomic E-state index is 11.1. The quantitative estimate of drug-likeness (QED) is 0.802. The highest BCUT2D eigenvalue weighted by molar-refractivity contribution is 6.34. The lowest BCUT2D eigenvalue weighted by molar-refractivity contribution is 0.0698. The third-order valence-electron chi connectivity index (χ3n) is 2.68. The fourth-order valence-electron chi connectivity index (χ4n) is 1.72. The Balaban J connectivity index is 2.39. The second kappa shape index (κ2) is 5.73. The lowest BCUT2D eigenvalue weighted by Crippen LogP contribution is -2.03. The number of aliphatic hydroxyl groups excluding tert-OH is 1. The summed E-state index contributed by atoms with van der Waals surface area (Å²) in [7, 11) is 0. The first kappa shape index (κ1) is 13.4. The zero-order valence-electron chi connectivity index (χ0n) is 9.93. The molecule has 0 spiro atoms. The number of halogens is 1. The number of aromatic carboxylic acids is 1. The van der Waals surface area contributed by atoms with Gasteiger partial charge in [-0.25, -0.2) is 4.79 Å². The number of para-hydroxylation sites is 1. The molecule has 2 rings (SSSR count). The minimum absolute atomic E-state index is 0.160. The van der Waals surface area contributed by atoms with Crippen LogP contribution in [-0.4, -0.2) is 16.2 Å². The molecule has 0 radical (unpaired) electrons. The van der Waals surface area contributed by atoms with E-state index in [-0.39, 0.29) is 12.2 Å². The molecule has 0 saturated heterocycles. The molecule has 4 nitrogen and oxygen atoms in total. The standard InChI is InChI=1S/C14H12ClNO3/c15-13-9(8-17)4-3-7-12(13)16-11-6-2-1-5-10(11)14(18)19/h1-7,16-17H,8H2,(H,18,19). The van der Waals surface area contributed by atoms with Crippen LogP contribution in [0.15, 0.2) is 42.5 Å². The van der Waals surface area contributed by atoms with Crippen molar-refractivity contribution < 1.29 is 15.0 Å². The Hall–Kier alpha value is -2.04. The zero-order chi connectivity index (χ0) is 13.8. The molecule has 0 amide bonds. The van der Waals surface area contributed by atoms with Gasteiger partial charge in [0.1, 0.15) is 0 Å². The largest absolute Gasteiger partial charge is 0.478 e. The van der Waals surface area contributed by atoms with Crippen LogP contribution < -0.4 is 5.32 Å². The number of carbonyl (C=O) groups is 1. The first-order valence-corrected chi connectivity index (χ1v) is 5.99. The van der Waals surface area contributed by atoms with Gasteiger partial charge in [0.2, 0.25) is 0 Å². The van der Waals surface area contributed by atoms with Gasteiger partial charge in [-0.05, 0) is 23.8 Å². The molecule has 5 heteroatoms. The predicted octanol–water partition coefficient (Wildman–Crippen LogP) is 3.27. The summed E-state index contributed by atoms with van der Waals surface area (Å²) >= 11 is 6.12. The van der Waals surface area contributed by atoms with Crippen molar-refractivity contribution in [2.45, 2.75) is 6.61 Å². The first-order valence-electron chi connectivity index (χ1n) is 5.61. The van der Waals surface area contributed by atoms with Crippen LogP contribution >= 0.6 is 11.6 Å². The van der Waals surface area contributed by atoms with Gasteiger partial charge in [-0.15, -0.1) is 0 Å². The summed E-state index contributed by atoms with van der Waals surface area (Å²) in [4.78, 5) is 11.1. The molecule has 0 unspecified atom stereocenters. The molecule has 0 aliphatic rings. The lowest BCUT2D eigenvalue weighted by atomic mass is 10.1. The summed E-state index contributed by atoms with van der Waals surface area (Å²) in [5.41, 5.74) is 1.75. The Morgan fingerprint density at radius 2 is 1.79 bits per heavy atom. The molecule has 0 heterocycles. The number of hydrogen-bond donors (Lipinski definition) is 3. The van der Waals surface area contributed by atoms with Crippen molar-refractivity contribution in [3.05, 3.63) is 58.6 Å². The highest BCUT2D eigenvalue weighted by atomic mass is 35.5. The topological polar surface area (TPSA) is 69.6 Å². The van der Waals surface area contributed by atoms with Gasteiger partial charge in [0.15, 0.2) is 0 Å². The van der Waals surface area contributed by atoms with E-state index in [0.29, 0.717) is 22.0 Å². The van der Waals surface area contributed by atoms with Crippen LogP contribution in [0.3, 0.4) is 0 Å². The van der Waals surface area contributed by atoms with Gasteiger partial charge in [0, 0.05) is 0 Å². The third-order valence-corrected chi connectivity index (χ3v) is 3.12. The van der Waals surface area contributed by atoms with Gasteiger partial charge < -0.3 is 15.5 Å². The zero-order valence-corrected chi connectivity index (χ0v) is 10.7. The Bertz CT molecular complexity index is 613. The number of hydrogen-bond acceptors (Lipinski definition) is 3. The normalized spacial score (nSPS) is 10.2. The molecule has 2 aromatic rings. The predicted molar refractivity (Wildman–Crippen MR) is 74.1 cm³/mol. The number of rotatable bonds is 4. The maximum Gasteiger partial charge on any atom is 0.337 e. The molecule has 0 aromatic heterocycles. The molecule has 0 fully saturated rings. The van der Waals surface area contributed by atoms with Crippen molar-refractivity contribution in [1.82, 2.24) is 0 Å². The molecular weight excluding hydrogens is 266 g/mol. The average Bonchev–Trinajstić information content (AvgIpc) is 2.41. The molecule has 19 heavy (non-hydrogen) atoms. The summed E-state index contributed by atoms with van der Waals surface area (Å²) < 4.78 is 0. The molecule has 0 bridgehead atoms. The fraction of sp³-hybridized carbons (Fsp3) is 0.0714. The minimum atomic E-state index is -1.02. The van der Waals surface area contributed by atoms with Crippen molar-refractivity contribution in [2.75, 3.05) is 5.32 Å². The van der Waals surface area contributed by atoms with E-state index in [0.717, 1.165) is 0 Å². The third kappa shape index (κ3) is 2.86. The van der Waals surface area contributed by atoms with Crippen molar-refractivity contribution in [3.63, 3.8) is 0 Å².